The predicted molar refractivity (Wildman–Crippen MR) is 79.3 cm³/mol. The van der Waals surface area contributed by atoms with Crippen molar-refractivity contribution in [2.75, 3.05) is 23.7 Å². The van der Waals surface area contributed by atoms with E-state index in [2.05, 4.69) is 42.7 Å². The molecule has 0 saturated carbocycles. The van der Waals surface area contributed by atoms with Crippen LogP contribution >= 0.6 is 0 Å². The second kappa shape index (κ2) is 6.23. The van der Waals surface area contributed by atoms with Crippen LogP contribution < -0.4 is 10.6 Å². The van der Waals surface area contributed by atoms with Crippen molar-refractivity contribution in [2.24, 2.45) is 0 Å². The molecule has 0 atom stereocenters. The molecule has 0 radical (unpaired) electrons. The minimum absolute atomic E-state index is 0.209. The fourth-order valence-electron chi connectivity index (χ4n) is 2.06. The quantitative estimate of drug-likeness (QED) is 0.793. The Hall–Kier alpha value is -2.03. The highest BCUT2D eigenvalue weighted by atomic mass is 19.1. The van der Waals surface area contributed by atoms with E-state index in [4.69, 9.17) is 0 Å². The average molecular weight is 258 g/mol. The van der Waals surface area contributed by atoms with Gasteiger partial charge in [0, 0.05) is 24.5 Å². The highest BCUT2D eigenvalue weighted by Crippen LogP contribution is 2.13. The molecule has 0 heterocycles. The fraction of sp³-hybridized carbons (Fsp3) is 0.250. The van der Waals surface area contributed by atoms with Gasteiger partial charge >= 0.3 is 0 Å². The molecule has 0 amide bonds. The van der Waals surface area contributed by atoms with Crippen molar-refractivity contribution >= 4 is 11.4 Å². The Balaban J connectivity index is 1.79. The predicted octanol–water partition coefficient (Wildman–Crippen LogP) is 3.97. The summed E-state index contributed by atoms with van der Waals surface area (Å²) in [6, 6.07) is 12.8. The molecule has 0 aliphatic rings. The summed E-state index contributed by atoms with van der Waals surface area (Å²) in [6.07, 6.45) is 0. The standard InChI is InChI=1S/C16H19FN2/c1-12-9-13(2)11-16(10-12)19-8-7-18-15-5-3-14(17)4-6-15/h3-6,9-11,18-19H,7-8H2,1-2H3. The topological polar surface area (TPSA) is 24.1 Å². The van der Waals surface area contributed by atoms with Gasteiger partial charge in [0.25, 0.3) is 0 Å². The minimum Gasteiger partial charge on any atom is -0.383 e. The maximum atomic E-state index is 12.7. The van der Waals surface area contributed by atoms with Gasteiger partial charge in [-0.25, -0.2) is 4.39 Å². The Morgan fingerprint density at radius 3 is 1.89 bits per heavy atom. The van der Waals surface area contributed by atoms with Gasteiger partial charge in [0.2, 0.25) is 0 Å². The van der Waals surface area contributed by atoms with E-state index in [0.29, 0.717) is 0 Å². The SMILES string of the molecule is Cc1cc(C)cc(NCCNc2ccc(F)cc2)c1. The van der Waals surface area contributed by atoms with Crippen molar-refractivity contribution in [3.05, 3.63) is 59.4 Å². The number of hydrogen-bond donors (Lipinski definition) is 2. The van der Waals surface area contributed by atoms with Gasteiger partial charge in [-0.1, -0.05) is 6.07 Å². The molecule has 0 unspecified atom stereocenters. The van der Waals surface area contributed by atoms with Crippen LogP contribution in [0.2, 0.25) is 0 Å². The lowest BCUT2D eigenvalue weighted by atomic mass is 10.1. The average Bonchev–Trinajstić information content (AvgIpc) is 2.36. The van der Waals surface area contributed by atoms with Crippen LogP contribution in [0.15, 0.2) is 42.5 Å². The van der Waals surface area contributed by atoms with E-state index in [9.17, 15) is 4.39 Å². The van der Waals surface area contributed by atoms with E-state index in [1.807, 2.05) is 0 Å². The van der Waals surface area contributed by atoms with Gasteiger partial charge in [-0.2, -0.15) is 0 Å². The third-order valence-corrected chi connectivity index (χ3v) is 2.85. The van der Waals surface area contributed by atoms with Gasteiger partial charge in [-0.3, -0.25) is 0 Å². The summed E-state index contributed by atoms with van der Waals surface area (Å²) in [7, 11) is 0. The first kappa shape index (κ1) is 13.4. The molecule has 3 heteroatoms. The van der Waals surface area contributed by atoms with Gasteiger partial charge in [-0.05, 0) is 61.4 Å². The lowest BCUT2D eigenvalue weighted by Gasteiger charge is -2.10. The highest BCUT2D eigenvalue weighted by molar-refractivity contribution is 5.49. The third kappa shape index (κ3) is 4.28. The molecule has 100 valence electrons. The van der Waals surface area contributed by atoms with Crippen LogP contribution in [0.1, 0.15) is 11.1 Å². The summed E-state index contributed by atoms with van der Waals surface area (Å²) < 4.78 is 12.7. The molecule has 0 aliphatic carbocycles. The number of anilines is 2. The molecule has 19 heavy (non-hydrogen) atoms. The summed E-state index contributed by atoms with van der Waals surface area (Å²) >= 11 is 0. The number of benzene rings is 2. The molecule has 0 aromatic heterocycles. The Labute approximate surface area is 113 Å². The molecule has 0 aliphatic heterocycles. The van der Waals surface area contributed by atoms with Crippen LogP contribution in [0.5, 0.6) is 0 Å². The van der Waals surface area contributed by atoms with Crippen LogP contribution in [0, 0.1) is 19.7 Å². The van der Waals surface area contributed by atoms with Gasteiger partial charge in [0.05, 0.1) is 0 Å². The van der Waals surface area contributed by atoms with Crippen LogP contribution in [0.3, 0.4) is 0 Å². The van der Waals surface area contributed by atoms with E-state index in [1.54, 1.807) is 12.1 Å². The number of aryl methyl sites for hydroxylation is 2. The van der Waals surface area contributed by atoms with Crippen molar-refractivity contribution in [3.63, 3.8) is 0 Å². The molecule has 2 rings (SSSR count). The fourth-order valence-corrected chi connectivity index (χ4v) is 2.06. The summed E-state index contributed by atoms with van der Waals surface area (Å²) in [5, 5.41) is 6.61. The first-order chi connectivity index (χ1) is 9.13. The smallest absolute Gasteiger partial charge is 0.123 e. The lowest BCUT2D eigenvalue weighted by Crippen LogP contribution is -2.13. The Morgan fingerprint density at radius 1 is 0.789 bits per heavy atom. The molecule has 2 nitrogen and oxygen atoms in total. The van der Waals surface area contributed by atoms with Crippen molar-refractivity contribution in [1.82, 2.24) is 0 Å². The first-order valence-electron chi connectivity index (χ1n) is 6.45. The molecular weight excluding hydrogens is 239 g/mol. The maximum Gasteiger partial charge on any atom is 0.123 e. The minimum atomic E-state index is -0.209. The molecular formula is C16H19FN2. The number of nitrogens with one attached hydrogen (secondary N) is 2. The normalized spacial score (nSPS) is 10.3. The zero-order valence-electron chi connectivity index (χ0n) is 11.3. The van der Waals surface area contributed by atoms with Crippen LogP contribution in [0.25, 0.3) is 0 Å². The van der Waals surface area contributed by atoms with Crippen molar-refractivity contribution in [3.8, 4) is 0 Å². The first-order valence-corrected chi connectivity index (χ1v) is 6.45. The molecule has 2 aromatic rings. The second-order valence-corrected chi connectivity index (χ2v) is 4.74. The Morgan fingerprint density at radius 2 is 1.32 bits per heavy atom. The third-order valence-electron chi connectivity index (χ3n) is 2.85. The maximum absolute atomic E-state index is 12.7. The second-order valence-electron chi connectivity index (χ2n) is 4.74. The van der Waals surface area contributed by atoms with E-state index < -0.39 is 0 Å². The summed E-state index contributed by atoms with van der Waals surface area (Å²) in [5.41, 5.74) is 4.59. The summed E-state index contributed by atoms with van der Waals surface area (Å²) in [5.74, 6) is -0.209. The van der Waals surface area contributed by atoms with E-state index in [1.165, 1.54) is 23.3 Å². The van der Waals surface area contributed by atoms with Crippen molar-refractivity contribution < 1.29 is 4.39 Å². The van der Waals surface area contributed by atoms with E-state index in [-0.39, 0.29) is 5.82 Å². The largest absolute Gasteiger partial charge is 0.383 e. The summed E-state index contributed by atoms with van der Waals surface area (Å²) in [4.78, 5) is 0. The Bertz CT molecular complexity index is 515. The number of rotatable bonds is 5. The summed E-state index contributed by atoms with van der Waals surface area (Å²) in [6.45, 7) is 5.79. The molecule has 0 fully saturated rings. The molecule has 0 spiro atoms. The molecule has 0 bridgehead atoms. The number of halogens is 1. The van der Waals surface area contributed by atoms with Crippen LogP contribution in [-0.4, -0.2) is 13.1 Å². The molecule has 2 aromatic carbocycles. The van der Waals surface area contributed by atoms with Crippen LogP contribution in [-0.2, 0) is 0 Å². The van der Waals surface area contributed by atoms with Crippen LogP contribution in [0.4, 0.5) is 15.8 Å². The highest BCUT2D eigenvalue weighted by Gasteiger charge is 1.96. The van der Waals surface area contributed by atoms with E-state index >= 15 is 0 Å². The zero-order valence-corrected chi connectivity index (χ0v) is 11.3. The van der Waals surface area contributed by atoms with Crippen molar-refractivity contribution in [1.29, 1.82) is 0 Å². The van der Waals surface area contributed by atoms with E-state index in [0.717, 1.165) is 24.5 Å². The van der Waals surface area contributed by atoms with Gasteiger partial charge in [-0.15, -0.1) is 0 Å². The van der Waals surface area contributed by atoms with Gasteiger partial charge < -0.3 is 10.6 Å². The lowest BCUT2D eigenvalue weighted by molar-refractivity contribution is 0.628. The van der Waals surface area contributed by atoms with Gasteiger partial charge in [0.1, 0.15) is 5.82 Å². The zero-order chi connectivity index (χ0) is 13.7. The van der Waals surface area contributed by atoms with Crippen molar-refractivity contribution in [2.45, 2.75) is 13.8 Å². The molecule has 2 N–H and O–H groups in total. The molecule has 0 saturated heterocycles. The Kier molecular flexibility index (Phi) is 4.39. The van der Waals surface area contributed by atoms with Gasteiger partial charge in [0.15, 0.2) is 0 Å². The number of hydrogen-bond acceptors (Lipinski definition) is 2. The monoisotopic (exact) mass is 258 g/mol.